The lowest BCUT2D eigenvalue weighted by atomic mass is 10.2. The van der Waals surface area contributed by atoms with Crippen LogP contribution in [0.5, 0.6) is 5.75 Å². The van der Waals surface area contributed by atoms with Gasteiger partial charge in [0.25, 0.3) is 0 Å². The first kappa shape index (κ1) is 11.6. The molecule has 0 bridgehead atoms. The van der Waals surface area contributed by atoms with Crippen molar-refractivity contribution in [2.24, 2.45) is 0 Å². The van der Waals surface area contributed by atoms with Gasteiger partial charge in [0, 0.05) is 6.54 Å². The summed E-state index contributed by atoms with van der Waals surface area (Å²) in [5.41, 5.74) is 3.24. The Balaban J connectivity index is 1.99. The molecule has 0 unspecified atom stereocenters. The average molecular weight is 248 g/mol. The molecular weight excluding hydrogens is 236 g/mol. The largest absolute Gasteiger partial charge is 0.497 e. The third-order valence-corrected chi connectivity index (χ3v) is 3.12. The predicted molar refractivity (Wildman–Crippen MR) is 67.8 cm³/mol. The Morgan fingerprint density at radius 3 is 2.82 bits per heavy atom. The fourth-order valence-electron chi connectivity index (χ4n) is 1.40. The summed E-state index contributed by atoms with van der Waals surface area (Å²) in [4.78, 5) is 14.6. The molecule has 0 saturated heterocycles. The van der Waals surface area contributed by atoms with Gasteiger partial charge in [-0.15, -0.1) is 11.3 Å². The van der Waals surface area contributed by atoms with Crippen molar-refractivity contribution in [3.63, 3.8) is 0 Å². The standard InChI is InChI=1S/C12H12N2O2S/c1-16-10-4-2-9(3-5-10)6-13-12-11(7-15)14-8-17-12/h2-5,7-8,13H,6H2,1H3. The van der Waals surface area contributed by atoms with E-state index in [9.17, 15) is 4.79 Å². The molecule has 4 nitrogen and oxygen atoms in total. The Hall–Kier alpha value is -1.88. The van der Waals surface area contributed by atoms with Crippen LogP contribution >= 0.6 is 11.3 Å². The summed E-state index contributed by atoms with van der Waals surface area (Å²) in [5.74, 6) is 0.833. The van der Waals surface area contributed by atoms with Gasteiger partial charge in [0.15, 0.2) is 6.29 Å². The number of methoxy groups -OCH3 is 1. The van der Waals surface area contributed by atoms with E-state index >= 15 is 0 Å². The molecule has 1 heterocycles. The lowest BCUT2D eigenvalue weighted by molar-refractivity contribution is 0.112. The SMILES string of the molecule is COc1ccc(CNc2scnc2C=O)cc1. The van der Waals surface area contributed by atoms with Crippen LogP contribution in [0.2, 0.25) is 0 Å². The van der Waals surface area contributed by atoms with Gasteiger partial charge in [0.2, 0.25) is 0 Å². The van der Waals surface area contributed by atoms with Gasteiger partial charge < -0.3 is 10.1 Å². The number of anilines is 1. The maximum Gasteiger partial charge on any atom is 0.171 e. The van der Waals surface area contributed by atoms with Crippen LogP contribution in [-0.2, 0) is 6.54 Å². The molecule has 0 fully saturated rings. The molecule has 17 heavy (non-hydrogen) atoms. The zero-order chi connectivity index (χ0) is 12.1. The molecule has 1 N–H and O–H groups in total. The van der Waals surface area contributed by atoms with E-state index in [2.05, 4.69) is 10.3 Å². The molecule has 0 aliphatic heterocycles. The first-order valence-corrected chi connectivity index (χ1v) is 5.97. The molecule has 1 aromatic heterocycles. The molecule has 0 saturated carbocycles. The third kappa shape index (κ3) is 2.82. The molecule has 0 amide bonds. The summed E-state index contributed by atoms with van der Waals surface area (Å²) in [6.07, 6.45) is 0.757. The summed E-state index contributed by atoms with van der Waals surface area (Å²) >= 11 is 1.42. The molecule has 0 radical (unpaired) electrons. The molecule has 0 spiro atoms. The number of aromatic nitrogens is 1. The molecule has 1 aromatic carbocycles. The third-order valence-electron chi connectivity index (χ3n) is 2.32. The number of carbonyl (C=O) groups is 1. The van der Waals surface area contributed by atoms with E-state index < -0.39 is 0 Å². The highest BCUT2D eigenvalue weighted by Crippen LogP contribution is 2.19. The van der Waals surface area contributed by atoms with E-state index in [0.29, 0.717) is 12.2 Å². The van der Waals surface area contributed by atoms with E-state index in [1.165, 1.54) is 11.3 Å². The van der Waals surface area contributed by atoms with Gasteiger partial charge in [-0.2, -0.15) is 0 Å². The maximum atomic E-state index is 10.7. The molecule has 0 aliphatic carbocycles. The van der Waals surface area contributed by atoms with Crippen LogP contribution < -0.4 is 10.1 Å². The monoisotopic (exact) mass is 248 g/mol. The van der Waals surface area contributed by atoms with Crippen molar-refractivity contribution < 1.29 is 9.53 Å². The minimum Gasteiger partial charge on any atom is -0.497 e. The second-order valence-corrected chi connectivity index (χ2v) is 4.24. The first-order valence-electron chi connectivity index (χ1n) is 5.09. The Kier molecular flexibility index (Phi) is 3.72. The van der Waals surface area contributed by atoms with Crippen molar-refractivity contribution in [2.45, 2.75) is 6.54 Å². The molecule has 2 rings (SSSR count). The van der Waals surface area contributed by atoms with Gasteiger partial charge in [-0.1, -0.05) is 12.1 Å². The Morgan fingerprint density at radius 2 is 2.18 bits per heavy atom. The molecule has 5 heteroatoms. The van der Waals surface area contributed by atoms with Gasteiger partial charge in [0.05, 0.1) is 12.6 Å². The van der Waals surface area contributed by atoms with Crippen molar-refractivity contribution in [2.75, 3.05) is 12.4 Å². The van der Waals surface area contributed by atoms with Gasteiger partial charge in [-0.25, -0.2) is 4.98 Å². The van der Waals surface area contributed by atoms with Crippen LogP contribution in [-0.4, -0.2) is 18.4 Å². The Bertz CT molecular complexity index is 493. The molecular formula is C12H12N2O2S. The predicted octanol–water partition coefficient (Wildman–Crippen LogP) is 2.58. The van der Waals surface area contributed by atoms with Crippen LogP contribution in [0.3, 0.4) is 0 Å². The lowest BCUT2D eigenvalue weighted by Crippen LogP contribution is -2.00. The Morgan fingerprint density at radius 1 is 1.41 bits per heavy atom. The number of hydrogen-bond donors (Lipinski definition) is 1. The van der Waals surface area contributed by atoms with Crippen LogP contribution in [0, 0.1) is 0 Å². The number of thiazole rings is 1. The molecule has 2 aromatic rings. The minimum absolute atomic E-state index is 0.462. The minimum atomic E-state index is 0.462. The van der Waals surface area contributed by atoms with Crippen molar-refractivity contribution in [3.05, 3.63) is 41.0 Å². The molecule has 0 aliphatic rings. The van der Waals surface area contributed by atoms with Crippen molar-refractivity contribution in [1.82, 2.24) is 4.98 Å². The van der Waals surface area contributed by atoms with Gasteiger partial charge in [0.1, 0.15) is 16.4 Å². The fourth-order valence-corrected chi connectivity index (χ4v) is 2.05. The van der Waals surface area contributed by atoms with E-state index in [-0.39, 0.29) is 0 Å². The number of carbonyl (C=O) groups excluding carboxylic acids is 1. The summed E-state index contributed by atoms with van der Waals surface area (Å²) in [6.45, 7) is 0.660. The smallest absolute Gasteiger partial charge is 0.171 e. The van der Waals surface area contributed by atoms with E-state index in [4.69, 9.17) is 4.74 Å². The second-order valence-electron chi connectivity index (χ2n) is 3.39. The maximum absolute atomic E-state index is 10.7. The van der Waals surface area contributed by atoms with Gasteiger partial charge in [-0.05, 0) is 17.7 Å². The highest BCUT2D eigenvalue weighted by atomic mass is 32.1. The van der Waals surface area contributed by atoms with E-state index in [1.807, 2.05) is 24.3 Å². The zero-order valence-corrected chi connectivity index (χ0v) is 10.2. The molecule has 88 valence electrons. The van der Waals surface area contributed by atoms with Crippen molar-refractivity contribution >= 4 is 22.6 Å². The van der Waals surface area contributed by atoms with Crippen LogP contribution in [0.4, 0.5) is 5.00 Å². The van der Waals surface area contributed by atoms with Crippen LogP contribution in [0.1, 0.15) is 16.1 Å². The van der Waals surface area contributed by atoms with E-state index in [1.54, 1.807) is 12.6 Å². The summed E-state index contributed by atoms with van der Waals surface area (Å²) < 4.78 is 5.08. The topological polar surface area (TPSA) is 51.2 Å². The zero-order valence-electron chi connectivity index (χ0n) is 9.34. The highest BCUT2D eigenvalue weighted by Gasteiger charge is 2.03. The van der Waals surface area contributed by atoms with Crippen LogP contribution in [0.25, 0.3) is 0 Å². The number of rotatable bonds is 5. The van der Waals surface area contributed by atoms with Crippen molar-refractivity contribution in [3.8, 4) is 5.75 Å². The summed E-state index contributed by atoms with van der Waals surface area (Å²) in [6, 6.07) is 7.77. The average Bonchev–Trinajstić information content (AvgIpc) is 2.84. The number of ether oxygens (including phenoxy) is 1. The second kappa shape index (κ2) is 5.45. The van der Waals surface area contributed by atoms with E-state index in [0.717, 1.165) is 22.6 Å². The number of benzene rings is 1. The highest BCUT2D eigenvalue weighted by molar-refractivity contribution is 7.14. The van der Waals surface area contributed by atoms with Crippen molar-refractivity contribution in [1.29, 1.82) is 0 Å². The van der Waals surface area contributed by atoms with Gasteiger partial charge >= 0.3 is 0 Å². The lowest BCUT2D eigenvalue weighted by Gasteiger charge is -2.05. The summed E-state index contributed by atoms with van der Waals surface area (Å²) in [7, 11) is 1.64. The number of nitrogens with one attached hydrogen (secondary N) is 1. The Labute approximate surface area is 103 Å². The first-order chi connectivity index (χ1) is 8.33. The van der Waals surface area contributed by atoms with Gasteiger partial charge in [-0.3, -0.25) is 4.79 Å². The fraction of sp³-hybridized carbons (Fsp3) is 0.167. The summed E-state index contributed by atoms with van der Waals surface area (Å²) in [5, 5.41) is 3.98. The van der Waals surface area contributed by atoms with Crippen LogP contribution in [0.15, 0.2) is 29.8 Å². The quantitative estimate of drug-likeness (QED) is 0.826. The number of nitrogens with zero attached hydrogens (tertiary/aromatic N) is 1. The molecule has 0 atom stereocenters. The number of hydrogen-bond acceptors (Lipinski definition) is 5. The normalized spacial score (nSPS) is 9.94. The number of aldehydes is 1.